The molecule has 0 bridgehead atoms. The van der Waals surface area contributed by atoms with Gasteiger partial charge in [0.25, 0.3) is 0 Å². The standard InChI is InChI=1S/C40H83O2PS2.C3H9N/c1-3-5-7-9-11-13-15-17-19-21-23-25-27-29-31-33-35-37-39-41-43(44,45)42-40-38-36-34-32-30-28-26-24-22-20-18-16-14-12-10-8-6-4-2;1-4(2)3/h3-40H2,1-2H3,(H,44,45);1-3H3. The van der Waals surface area contributed by atoms with E-state index in [9.17, 15) is 0 Å². The molecule has 0 aliphatic rings. The number of hydrogen-bond acceptors (Lipinski definition) is 4. The van der Waals surface area contributed by atoms with Crippen LogP contribution in [-0.4, -0.2) is 34.4 Å². The minimum atomic E-state index is -2.46. The number of hydrogen-bond donors (Lipinski definition) is 1. The van der Waals surface area contributed by atoms with E-state index in [0.29, 0.717) is 13.2 Å². The number of quaternary nitrogens is 1. The van der Waals surface area contributed by atoms with Crippen LogP contribution in [0, 0.1) is 0 Å². The van der Waals surface area contributed by atoms with Crippen molar-refractivity contribution in [3.8, 4) is 0 Å². The first kappa shape index (κ1) is 52.0. The molecule has 0 aromatic carbocycles. The van der Waals surface area contributed by atoms with Gasteiger partial charge in [-0.2, -0.15) is 0 Å². The van der Waals surface area contributed by atoms with Crippen molar-refractivity contribution in [1.82, 2.24) is 0 Å². The fourth-order valence-electron chi connectivity index (χ4n) is 6.40. The van der Waals surface area contributed by atoms with Crippen molar-refractivity contribution in [2.45, 2.75) is 245 Å². The van der Waals surface area contributed by atoms with Crippen LogP contribution in [0.3, 0.4) is 0 Å². The van der Waals surface area contributed by atoms with Crippen LogP contribution >= 0.6 is 5.69 Å². The van der Waals surface area contributed by atoms with E-state index in [4.69, 9.17) is 33.1 Å². The Bertz CT molecular complexity index is 588. The summed E-state index contributed by atoms with van der Waals surface area (Å²) in [4.78, 5) is 1.42. The molecule has 0 atom stereocenters. The molecule has 0 spiro atoms. The minimum absolute atomic E-state index is 0.679. The molecule has 0 unspecified atom stereocenters. The first-order valence-electron chi connectivity index (χ1n) is 22.2. The molecule has 1 N–H and O–H groups in total. The third kappa shape index (κ3) is 53.3. The molecule has 0 saturated heterocycles. The van der Waals surface area contributed by atoms with Gasteiger partial charge in [-0.25, -0.2) is 0 Å². The number of unbranched alkanes of at least 4 members (excludes halogenated alkanes) is 34. The topological polar surface area (TPSA) is 22.9 Å². The summed E-state index contributed by atoms with van der Waals surface area (Å²) >= 11 is 10.9. The molecule has 0 amide bonds. The van der Waals surface area contributed by atoms with Gasteiger partial charge in [0.15, 0.2) is 0 Å². The van der Waals surface area contributed by atoms with Crippen molar-refractivity contribution < 1.29 is 13.9 Å². The molecule has 0 saturated carbocycles. The van der Waals surface area contributed by atoms with Crippen LogP contribution < -0.4 is 4.90 Å². The average molecular weight is 750 g/mol. The van der Waals surface area contributed by atoms with Crippen molar-refractivity contribution in [2.75, 3.05) is 34.4 Å². The lowest BCUT2D eigenvalue weighted by Crippen LogP contribution is -3.02. The highest BCUT2D eigenvalue weighted by Crippen LogP contribution is 2.46. The van der Waals surface area contributed by atoms with Gasteiger partial charge in [0, 0.05) is 0 Å². The van der Waals surface area contributed by atoms with Gasteiger partial charge in [0.05, 0.1) is 40.1 Å². The monoisotopic (exact) mass is 750 g/mol. The second-order valence-electron chi connectivity index (χ2n) is 15.6. The van der Waals surface area contributed by atoms with Gasteiger partial charge in [-0.15, -0.1) is 0 Å². The summed E-state index contributed by atoms with van der Waals surface area (Å²) in [7, 11) is 6.25. The Kier molecular flexibility index (Phi) is 47.8. The van der Waals surface area contributed by atoms with Crippen molar-refractivity contribution in [3.05, 3.63) is 0 Å². The predicted molar refractivity (Wildman–Crippen MR) is 230 cm³/mol. The van der Waals surface area contributed by atoms with Crippen molar-refractivity contribution in [3.63, 3.8) is 0 Å². The SMILES string of the molecule is CCCCCCCCCCCCCCCCCCCCOP(=S)([S-])OCCCCCCCCCCCCCCCCCCCC.C[NH+](C)C. The zero-order valence-electron chi connectivity index (χ0n) is 34.5. The van der Waals surface area contributed by atoms with E-state index in [1.165, 1.54) is 223 Å². The Morgan fingerprint density at radius 3 is 0.653 bits per heavy atom. The van der Waals surface area contributed by atoms with E-state index < -0.39 is 5.69 Å². The Morgan fingerprint density at radius 2 is 0.490 bits per heavy atom. The zero-order chi connectivity index (χ0) is 36.4. The number of rotatable bonds is 40. The average Bonchev–Trinajstić information content (AvgIpc) is 3.06. The lowest BCUT2D eigenvalue weighted by Gasteiger charge is -2.28. The molecule has 0 fully saturated rings. The highest BCUT2D eigenvalue weighted by molar-refractivity contribution is 8.51. The molecule has 3 nitrogen and oxygen atoms in total. The van der Waals surface area contributed by atoms with Gasteiger partial charge in [-0.1, -0.05) is 244 Å². The fraction of sp³-hybridized carbons (Fsp3) is 1.00. The van der Waals surface area contributed by atoms with E-state index in [0.717, 1.165) is 12.8 Å². The maximum atomic E-state index is 5.81. The normalized spacial score (nSPS) is 11.7. The fourth-order valence-corrected chi connectivity index (χ4v) is 8.07. The third-order valence-corrected chi connectivity index (χ3v) is 11.8. The molecular weight excluding hydrogens is 658 g/mol. The quantitative estimate of drug-likeness (QED) is 0.0383. The highest BCUT2D eigenvalue weighted by Gasteiger charge is 2.03. The van der Waals surface area contributed by atoms with Crippen LogP contribution in [0.25, 0.3) is 0 Å². The van der Waals surface area contributed by atoms with Gasteiger partial charge in [0.2, 0.25) is 0 Å². The van der Waals surface area contributed by atoms with E-state index >= 15 is 0 Å². The lowest BCUT2D eigenvalue weighted by atomic mass is 10.0. The molecule has 0 rings (SSSR count). The molecule has 0 aromatic rings. The van der Waals surface area contributed by atoms with Gasteiger partial charge in [-0.3, -0.25) is 0 Å². The molecule has 298 valence electrons. The van der Waals surface area contributed by atoms with Crippen molar-refractivity contribution in [2.24, 2.45) is 0 Å². The summed E-state index contributed by atoms with van der Waals surface area (Å²) in [5.41, 5.74) is -2.46. The molecule has 0 aliphatic carbocycles. The first-order chi connectivity index (χ1) is 23.9. The second kappa shape index (κ2) is 45.0. The van der Waals surface area contributed by atoms with Crippen LogP contribution in [0.1, 0.15) is 245 Å². The summed E-state index contributed by atoms with van der Waals surface area (Å²) < 4.78 is 11.6. The summed E-state index contributed by atoms with van der Waals surface area (Å²) in [5, 5.41) is 0. The molecule has 0 aromatic heterocycles. The largest absolute Gasteiger partial charge is 0.691 e. The summed E-state index contributed by atoms with van der Waals surface area (Å²) in [5.74, 6) is 0. The minimum Gasteiger partial charge on any atom is -0.691 e. The highest BCUT2D eigenvalue weighted by atomic mass is 32.9. The van der Waals surface area contributed by atoms with E-state index in [1.807, 2.05) is 0 Å². The Morgan fingerprint density at radius 1 is 0.347 bits per heavy atom. The predicted octanol–water partition coefficient (Wildman–Crippen LogP) is 14.6. The molecule has 0 heterocycles. The van der Waals surface area contributed by atoms with Crippen LogP contribution in [0.2, 0.25) is 0 Å². The van der Waals surface area contributed by atoms with Gasteiger partial charge >= 0.3 is 0 Å². The summed E-state index contributed by atoms with van der Waals surface area (Å²) in [6.45, 7) is 5.95. The maximum Gasteiger partial charge on any atom is 0.0661 e. The third-order valence-electron chi connectivity index (χ3n) is 9.49. The van der Waals surface area contributed by atoms with Crippen LogP contribution in [0.5, 0.6) is 0 Å². The van der Waals surface area contributed by atoms with Crippen molar-refractivity contribution in [1.29, 1.82) is 0 Å². The van der Waals surface area contributed by atoms with Crippen LogP contribution in [-0.2, 0) is 33.1 Å². The lowest BCUT2D eigenvalue weighted by molar-refractivity contribution is -0.836. The maximum absolute atomic E-state index is 5.81. The molecule has 6 heteroatoms. The number of nitrogens with one attached hydrogen (secondary N) is 1. The van der Waals surface area contributed by atoms with Crippen LogP contribution in [0.4, 0.5) is 0 Å². The van der Waals surface area contributed by atoms with Gasteiger partial charge < -0.3 is 26.2 Å². The smallest absolute Gasteiger partial charge is 0.0661 e. The first-order valence-corrected chi connectivity index (χ1v) is 25.9. The van der Waals surface area contributed by atoms with Crippen molar-refractivity contribution >= 4 is 29.7 Å². The molecular formula is C43H92NO2PS2. The molecule has 0 radical (unpaired) electrons. The van der Waals surface area contributed by atoms with E-state index in [2.05, 4.69) is 35.0 Å². The van der Waals surface area contributed by atoms with Crippen LogP contribution in [0.15, 0.2) is 0 Å². The Hall–Kier alpha value is 0.880. The summed E-state index contributed by atoms with van der Waals surface area (Å²) in [6, 6.07) is 0. The van der Waals surface area contributed by atoms with E-state index in [-0.39, 0.29) is 0 Å². The summed E-state index contributed by atoms with van der Waals surface area (Å²) in [6.07, 6.45) is 50.1. The van der Waals surface area contributed by atoms with Gasteiger partial charge in [0.1, 0.15) is 0 Å². The zero-order valence-corrected chi connectivity index (χ0v) is 37.0. The van der Waals surface area contributed by atoms with Gasteiger partial charge in [-0.05, 0) is 12.8 Å². The molecule has 0 aliphatic heterocycles. The molecule has 49 heavy (non-hydrogen) atoms. The Labute approximate surface area is 321 Å². The van der Waals surface area contributed by atoms with E-state index in [1.54, 1.807) is 0 Å². The second-order valence-corrected chi connectivity index (χ2v) is 20.6. The Balaban J connectivity index is 0.